The quantitative estimate of drug-likeness (QED) is 0.101. The molecule has 24 nitrogen and oxygen atoms in total. The van der Waals surface area contributed by atoms with E-state index in [1.165, 1.54) is 50.3 Å². The predicted molar refractivity (Wildman–Crippen MR) is 351 cm³/mol. The second kappa shape index (κ2) is 32.8. The van der Waals surface area contributed by atoms with E-state index in [-0.39, 0.29) is 35.1 Å². The van der Waals surface area contributed by atoms with Crippen LogP contribution in [0.2, 0.25) is 0 Å². The molecule has 0 saturated heterocycles. The molecule has 98 heavy (non-hydrogen) atoms. The van der Waals surface area contributed by atoms with E-state index >= 15 is 0 Å². The first-order valence-electron chi connectivity index (χ1n) is 32.7. The summed E-state index contributed by atoms with van der Waals surface area (Å²) in [5, 5.41) is 24.8. The van der Waals surface area contributed by atoms with E-state index in [1.54, 1.807) is 132 Å². The van der Waals surface area contributed by atoms with Crippen molar-refractivity contribution in [3.05, 3.63) is 120 Å². The first-order chi connectivity index (χ1) is 45.4. The summed E-state index contributed by atoms with van der Waals surface area (Å²) in [6, 6.07) is 15.8. The molecule has 0 aromatic heterocycles. The van der Waals surface area contributed by atoms with Gasteiger partial charge in [-0.2, -0.15) is 0 Å². The van der Waals surface area contributed by atoms with Crippen molar-refractivity contribution in [2.45, 2.75) is 210 Å². The average Bonchev–Trinajstić information content (AvgIpc) is 1.54. The van der Waals surface area contributed by atoms with Gasteiger partial charge in [0, 0.05) is 75.4 Å². The van der Waals surface area contributed by atoms with Crippen molar-refractivity contribution in [2.75, 3.05) is 0 Å². The molecule has 0 spiro atoms. The fourth-order valence-electron chi connectivity index (χ4n) is 13.2. The highest BCUT2D eigenvalue weighted by Gasteiger charge is 2.65. The zero-order valence-electron chi connectivity index (χ0n) is 59.2. The zero-order chi connectivity index (χ0) is 74.0. The molecule has 0 amide bonds. The number of rotatable bonds is 14. The number of hydrogen-bond donors (Lipinski definition) is 2. The Morgan fingerprint density at radius 1 is 0.418 bits per heavy atom. The summed E-state index contributed by atoms with van der Waals surface area (Å²) in [4.78, 5) is 158. The van der Waals surface area contributed by atoms with E-state index < -0.39 is 202 Å². The number of carbonyl (C=O) groups excluding carboxylic acids is 12. The number of Topliss-reactive ketones (excluding diaryl/α,β-unsaturated/α-hetero) is 2. The van der Waals surface area contributed by atoms with Gasteiger partial charge in [0.15, 0.2) is 48.2 Å². The van der Waals surface area contributed by atoms with Crippen LogP contribution in [0.5, 0.6) is 0 Å². The maximum atomic E-state index is 14.3. The Hall–Kier alpha value is -8.64. The van der Waals surface area contributed by atoms with Gasteiger partial charge in [-0.05, 0) is 48.9 Å². The molecular weight excluding hydrogens is 1270 g/mol. The van der Waals surface area contributed by atoms with Gasteiger partial charge in [-0.3, -0.25) is 47.9 Å². The van der Waals surface area contributed by atoms with Crippen LogP contribution in [0.1, 0.15) is 158 Å². The van der Waals surface area contributed by atoms with Gasteiger partial charge in [-0.1, -0.05) is 157 Å². The van der Waals surface area contributed by atoms with Gasteiger partial charge < -0.3 is 57.6 Å². The number of esters is 10. The van der Waals surface area contributed by atoms with Crippen molar-refractivity contribution in [3.63, 3.8) is 0 Å². The maximum absolute atomic E-state index is 14.3. The molecule has 0 aliphatic heterocycles. The van der Waals surface area contributed by atoms with Crippen LogP contribution in [0.25, 0.3) is 0 Å². The molecule has 6 rings (SSSR count). The normalized spacial score (nSPS) is 32.1. The molecule has 2 saturated carbocycles. The average molecular weight is 1370 g/mol. The summed E-state index contributed by atoms with van der Waals surface area (Å²) in [5.74, 6) is -16.6. The Morgan fingerprint density at radius 3 is 0.959 bits per heavy atom. The lowest BCUT2D eigenvalue weighted by Crippen LogP contribution is -2.58. The minimum Gasteiger partial charge on any atom is -0.462 e. The van der Waals surface area contributed by atoms with Crippen LogP contribution in [0.4, 0.5) is 0 Å². The lowest BCUT2D eigenvalue weighted by molar-refractivity contribution is -0.186. The van der Waals surface area contributed by atoms with E-state index in [2.05, 4.69) is 13.2 Å². The molecule has 2 fully saturated rings. The first kappa shape index (κ1) is 80.0. The molecule has 4 aliphatic rings. The molecule has 24 heteroatoms. The summed E-state index contributed by atoms with van der Waals surface area (Å²) >= 11 is 0. The molecule has 2 N–H and O–H groups in total. The van der Waals surface area contributed by atoms with E-state index in [4.69, 9.17) is 47.4 Å². The third-order valence-corrected chi connectivity index (χ3v) is 18.0. The Labute approximate surface area is 572 Å². The van der Waals surface area contributed by atoms with Gasteiger partial charge >= 0.3 is 59.7 Å². The van der Waals surface area contributed by atoms with Crippen molar-refractivity contribution in [1.82, 2.24) is 0 Å². The van der Waals surface area contributed by atoms with E-state index in [9.17, 15) is 67.7 Å². The lowest BCUT2D eigenvalue weighted by Gasteiger charge is -2.44. The topological polar surface area (TPSA) is 338 Å². The third kappa shape index (κ3) is 19.0. The van der Waals surface area contributed by atoms with Crippen LogP contribution < -0.4 is 0 Å². The highest BCUT2D eigenvalue weighted by Crippen LogP contribution is 2.52. The summed E-state index contributed by atoms with van der Waals surface area (Å²) in [5.41, 5.74) is -7.09. The van der Waals surface area contributed by atoms with Crippen molar-refractivity contribution in [1.29, 1.82) is 0 Å². The highest BCUT2D eigenvalue weighted by atomic mass is 16.6. The highest BCUT2D eigenvalue weighted by molar-refractivity contribution is 5.93. The van der Waals surface area contributed by atoms with Crippen LogP contribution in [-0.2, 0) is 95.3 Å². The summed E-state index contributed by atoms with van der Waals surface area (Å²) in [6.07, 6.45) is -9.06. The standard InChI is InChI=1S/2C37H48O12/c2*1-19(2)34(42)48-29-22(5)30(49-35(43)26-14-12-11-13-15-26)31(46-24(7)39)33(47-25(8)40)36(9,10)17-16-20(3)32(41)37(44)18-21(4)28(27(29)37)45-23(6)38/h2*11-17,19-21,27-31,33,44H,5,18H2,1-4,6-10H3/b2*17-16+/t2*20-,21-,27+,28-,29-,30-,31+,33+,37+/m00/s1. The van der Waals surface area contributed by atoms with Crippen LogP contribution in [0, 0.1) is 58.2 Å². The zero-order valence-corrected chi connectivity index (χ0v) is 59.2. The van der Waals surface area contributed by atoms with Gasteiger partial charge in [0.2, 0.25) is 0 Å². The molecule has 4 aliphatic carbocycles. The minimum atomic E-state index is -2.24. The number of carbonyl (C=O) groups is 12. The molecule has 2 aromatic carbocycles. The van der Waals surface area contributed by atoms with Gasteiger partial charge in [0.1, 0.15) is 35.6 Å². The Morgan fingerprint density at radius 2 is 0.694 bits per heavy atom. The molecular formula is C74H96O24. The van der Waals surface area contributed by atoms with E-state index in [0.717, 1.165) is 27.7 Å². The summed E-state index contributed by atoms with van der Waals surface area (Å²) in [7, 11) is 0. The molecule has 0 unspecified atom stereocenters. The Kier molecular flexibility index (Phi) is 26.8. The van der Waals surface area contributed by atoms with Crippen LogP contribution in [0.3, 0.4) is 0 Å². The van der Waals surface area contributed by atoms with Crippen molar-refractivity contribution >= 4 is 71.3 Å². The second-order valence-corrected chi connectivity index (χ2v) is 27.8. The van der Waals surface area contributed by atoms with Gasteiger partial charge in [-0.15, -0.1) is 0 Å². The van der Waals surface area contributed by atoms with Crippen LogP contribution >= 0.6 is 0 Å². The number of ether oxygens (including phenoxy) is 10. The lowest BCUT2D eigenvalue weighted by atomic mass is 9.72. The van der Waals surface area contributed by atoms with Gasteiger partial charge in [0.05, 0.1) is 34.8 Å². The molecule has 18 atom stereocenters. The monoisotopic (exact) mass is 1370 g/mol. The Balaban J connectivity index is 0.000000354. The number of fused-ring (bicyclic) bond motifs is 2. The van der Waals surface area contributed by atoms with E-state index in [0.29, 0.717) is 0 Å². The van der Waals surface area contributed by atoms with Gasteiger partial charge in [-0.25, -0.2) is 9.59 Å². The number of benzene rings is 2. The Bertz CT molecular complexity index is 3180. The molecule has 0 radical (unpaired) electrons. The molecule has 2 aromatic rings. The van der Waals surface area contributed by atoms with Gasteiger partial charge in [0.25, 0.3) is 0 Å². The summed E-state index contributed by atoms with van der Waals surface area (Å²) < 4.78 is 58.8. The SMILES string of the molecule is C=C1[C@H](OC(=O)c2ccccc2)[C@@H](OC(C)=O)[C@@H](OC(C)=O)C(C)(C)/C=C/[C@H](C)C(=O)[C@@]2(O)C[C@H](C)[C@H](OC(C)=O)[C@@H]2[C@H]1OC(=O)C(C)C.C=C1[C@H](OC(=O)c2ccccc2)[C@@H](OC(C)=O)[C@@H](OC(C)=O)C(C)(C)/C=C/[C@H](C)C(=O)[C@@]2(O)C[C@H](C)[C@H](OC(C)=O)[C@@H]2[C@H]1OC(=O)C(C)C. The van der Waals surface area contributed by atoms with Crippen molar-refractivity contribution in [3.8, 4) is 0 Å². The fraction of sp³-hybridized carbons (Fsp3) is 0.568. The van der Waals surface area contributed by atoms with Crippen molar-refractivity contribution in [2.24, 2.45) is 58.2 Å². The smallest absolute Gasteiger partial charge is 0.338 e. The number of allylic oxidation sites excluding steroid dienone is 2. The minimum absolute atomic E-state index is 0.106. The molecule has 0 bridgehead atoms. The predicted octanol–water partition coefficient (Wildman–Crippen LogP) is 8.64. The molecule has 536 valence electrons. The number of ketones is 2. The summed E-state index contributed by atoms with van der Waals surface area (Å²) in [6.45, 7) is 34.7. The van der Waals surface area contributed by atoms with E-state index in [1.807, 2.05) is 0 Å². The van der Waals surface area contributed by atoms with Crippen molar-refractivity contribution < 1.29 is 115 Å². The van der Waals surface area contributed by atoms with Crippen LogP contribution in [-0.4, -0.2) is 154 Å². The number of aliphatic hydroxyl groups is 2. The fourth-order valence-corrected chi connectivity index (χ4v) is 13.2. The maximum Gasteiger partial charge on any atom is 0.338 e. The largest absolute Gasteiger partial charge is 0.462 e. The van der Waals surface area contributed by atoms with Crippen LogP contribution in [0.15, 0.2) is 109 Å². The first-order valence-corrected chi connectivity index (χ1v) is 32.7. The third-order valence-electron chi connectivity index (χ3n) is 18.0. The number of hydrogen-bond acceptors (Lipinski definition) is 24. The second-order valence-electron chi connectivity index (χ2n) is 27.8. The molecule has 0 heterocycles.